The van der Waals surface area contributed by atoms with Crippen LogP contribution in [0.3, 0.4) is 0 Å². The topological polar surface area (TPSA) is 78.5 Å². The second kappa shape index (κ2) is 9.74. The molecule has 0 aliphatic carbocycles. The number of carbonyl (C=O) groups is 3. The van der Waals surface area contributed by atoms with Gasteiger partial charge in [0.2, 0.25) is 11.8 Å². The van der Waals surface area contributed by atoms with Crippen molar-refractivity contribution in [2.75, 3.05) is 20.1 Å². The molecule has 1 fully saturated rings. The van der Waals surface area contributed by atoms with Crippen molar-refractivity contribution >= 4 is 28.5 Å². The SMILES string of the molecule is CNC(=O)C(CC(C)C)NC(=O)C1CCCN(C(=O)c2cccc3ccccc23)C1. The van der Waals surface area contributed by atoms with Crippen LogP contribution in [-0.2, 0) is 9.59 Å². The third-order valence-corrected chi connectivity index (χ3v) is 5.69. The summed E-state index contributed by atoms with van der Waals surface area (Å²) in [5.41, 5.74) is 0.664. The van der Waals surface area contributed by atoms with Crippen LogP contribution in [0.25, 0.3) is 10.8 Å². The Morgan fingerprint density at radius 2 is 1.83 bits per heavy atom. The molecule has 1 saturated heterocycles. The Kier molecular flexibility index (Phi) is 7.08. The molecule has 160 valence electrons. The number of likely N-dealkylation sites (tertiary alicyclic amines) is 1. The lowest BCUT2D eigenvalue weighted by Gasteiger charge is -2.33. The van der Waals surface area contributed by atoms with E-state index in [0.717, 1.165) is 17.2 Å². The van der Waals surface area contributed by atoms with Crippen molar-refractivity contribution in [1.82, 2.24) is 15.5 Å². The van der Waals surface area contributed by atoms with E-state index in [9.17, 15) is 14.4 Å². The van der Waals surface area contributed by atoms with Crippen LogP contribution in [0.4, 0.5) is 0 Å². The zero-order chi connectivity index (χ0) is 21.7. The molecule has 2 atom stereocenters. The maximum atomic E-state index is 13.2. The molecule has 6 heteroatoms. The Labute approximate surface area is 178 Å². The number of amides is 3. The number of hydrogen-bond donors (Lipinski definition) is 2. The van der Waals surface area contributed by atoms with Crippen molar-refractivity contribution in [1.29, 1.82) is 0 Å². The predicted molar refractivity (Wildman–Crippen MR) is 118 cm³/mol. The average molecular weight is 410 g/mol. The quantitative estimate of drug-likeness (QED) is 0.770. The fourth-order valence-corrected chi connectivity index (χ4v) is 4.12. The fourth-order valence-electron chi connectivity index (χ4n) is 4.12. The first kappa shape index (κ1) is 21.8. The molecule has 0 aromatic heterocycles. The van der Waals surface area contributed by atoms with E-state index in [1.165, 1.54) is 0 Å². The molecule has 0 bridgehead atoms. The molecule has 1 aliphatic heterocycles. The Hall–Kier alpha value is -2.89. The molecule has 2 aromatic carbocycles. The minimum absolute atomic E-state index is 0.0469. The van der Waals surface area contributed by atoms with E-state index < -0.39 is 6.04 Å². The zero-order valence-corrected chi connectivity index (χ0v) is 18.0. The van der Waals surface area contributed by atoms with E-state index >= 15 is 0 Å². The van der Waals surface area contributed by atoms with Crippen molar-refractivity contribution in [2.45, 2.75) is 39.2 Å². The van der Waals surface area contributed by atoms with Crippen molar-refractivity contribution in [3.8, 4) is 0 Å². The third kappa shape index (κ3) is 4.99. The highest BCUT2D eigenvalue weighted by Crippen LogP contribution is 2.24. The standard InChI is InChI=1S/C24H31N3O3/c1-16(2)14-21(23(29)25-3)26-22(28)18-10-7-13-27(15-18)24(30)20-12-6-9-17-8-4-5-11-19(17)20/h4-6,8-9,11-12,16,18,21H,7,10,13-15H2,1-3H3,(H,25,29)(H,26,28). The van der Waals surface area contributed by atoms with Crippen LogP contribution >= 0.6 is 0 Å². The number of piperidine rings is 1. The van der Waals surface area contributed by atoms with Gasteiger partial charge in [0.15, 0.2) is 0 Å². The average Bonchev–Trinajstić information content (AvgIpc) is 2.77. The maximum absolute atomic E-state index is 13.2. The molecule has 0 spiro atoms. The van der Waals surface area contributed by atoms with Gasteiger partial charge in [-0.2, -0.15) is 0 Å². The van der Waals surface area contributed by atoms with Gasteiger partial charge >= 0.3 is 0 Å². The molecule has 0 saturated carbocycles. The minimum atomic E-state index is -0.549. The zero-order valence-electron chi connectivity index (χ0n) is 18.0. The van der Waals surface area contributed by atoms with Gasteiger partial charge < -0.3 is 15.5 Å². The van der Waals surface area contributed by atoms with Gasteiger partial charge in [-0.3, -0.25) is 14.4 Å². The van der Waals surface area contributed by atoms with Gasteiger partial charge in [-0.25, -0.2) is 0 Å². The van der Waals surface area contributed by atoms with Crippen molar-refractivity contribution in [3.63, 3.8) is 0 Å². The number of nitrogens with one attached hydrogen (secondary N) is 2. The number of fused-ring (bicyclic) bond motifs is 1. The molecule has 3 amide bonds. The molecule has 0 radical (unpaired) electrons. The maximum Gasteiger partial charge on any atom is 0.254 e. The number of carbonyl (C=O) groups excluding carboxylic acids is 3. The highest BCUT2D eigenvalue weighted by molar-refractivity contribution is 6.07. The van der Waals surface area contributed by atoms with E-state index in [0.29, 0.717) is 31.5 Å². The Bertz CT molecular complexity index is 920. The lowest BCUT2D eigenvalue weighted by molar-refractivity contribution is -0.132. The van der Waals surface area contributed by atoms with Gasteiger partial charge in [0.25, 0.3) is 5.91 Å². The fraction of sp³-hybridized carbons (Fsp3) is 0.458. The van der Waals surface area contributed by atoms with Crippen molar-refractivity contribution < 1.29 is 14.4 Å². The summed E-state index contributed by atoms with van der Waals surface area (Å²) in [7, 11) is 1.58. The lowest BCUT2D eigenvalue weighted by Crippen LogP contribution is -2.51. The smallest absolute Gasteiger partial charge is 0.254 e. The number of rotatable bonds is 6. The minimum Gasteiger partial charge on any atom is -0.357 e. The summed E-state index contributed by atoms with van der Waals surface area (Å²) >= 11 is 0. The van der Waals surface area contributed by atoms with Crippen LogP contribution < -0.4 is 10.6 Å². The van der Waals surface area contributed by atoms with Gasteiger partial charge in [0, 0.05) is 25.7 Å². The second-order valence-electron chi connectivity index (χ2n) is 8.42. The highest BCUT2D eigenvalue weighted by Gasteiger charge is 2.31. The van der Waals surface area contributed by atoms with Gasteiger partial charge in [0.1, 0.15) is 6.04 Å². The van der Waals surface area contributed by atoms with Gasteiger partial charge in [-0.05, 0) is 42.0 Å². The Balaban J connectivity index is 1.72. The van der Waals surface area contributed by atoms with Crippen molar-refractivity contribution in [3.05, 3.63) is 48.0 Å². The highest BCUT2D eigenvalue weighted by atomic mass is 16.2. The number of nitrogens with zero attached hydrogens (tertiary/aromatic N) is 1. The normalized spacial score (nSPS) is 17.6. The molecule has 2 N–H and O–H groups in total. The first-order valence-corrected chi connectivity index (χ1v) is 10.7. The van der Waals surface area contributed by atoms with Crippen molar-refractivity contribution in [2.24, 2.45) is 11.8 Å². The Morgan fingerprint density at radius 1 is 1.10 bits per heavy atom. The second-order valence-corrected chi connectivity index (χ2v) is 8.42. The summed E-state index contributed by atoms with van der Waals surface area (Å²) in [6, 6.07) is 13.0. The van der Waals surface area contributed by atoms with E-state index in [1.807, 2.05) is 56.3 Å². The van der Waals surface area contributed by atoms with Gasteiger partial charge in [0.05, 0.1) is 5.92 Å². The van der Waals surface area contributed by atoms with Gasteiger partial charge in [-0.1, -0.05) is 50.2 Å². The molecule has 6 nitrogen and oxygen atoms in total. The molecule has 1 heterocycles. The summed E-state index contributed by atoms with van der Waals surface area (Å²) < 4.78 is 0. The van der Waals surface area contributed by atoms with Crippen LogP contribution in [0.2, 0.25) is 0 Å². The van der Waals surface area contributed by atoms with Gasteiger partial charge in [-0.15, -0.1) is 0 Å². The molecule has 2 unspecified atom stereocenters. The monoisotopic (exact) mass is 409 g/mol. The lowest BCUT2D eigenvalue weighted by atomic mass is 9.94. The first-order chi connectivity index (χ1) is 14.4. The predicted octanol–water partition coefficient (Wildman–Crippen LogP) is 2.97. The molecule has 2 aromatic rings. The number of hydrogen-bond acceptors (Lipinski definition) is 3. The van der Waals surface area contributed by atoms with E-state index in [1.54, 1.807) is 11.9 Å². The number of benzene rings is 2. The molecule has 3 rings (SSSR count). The summed E-state index contributed by atoms with van der Waals surface area (Å²) in [6.07, 6.45) is 2.06. The van der Waals surface area contributed by atoms with Crippen LogP contribution in [-0.4, -0.2) is 48.8 Å². The van der Waals surface area contributed by atoms with E-state index in [4.69, 9.17) is 0 Å². The molecular weight excluding hydrogens is 378 g/mol. The Morgan fingerprint density at radius 3 is 2.57 bits per heavy atom. The van der Waals surface area contributed by atoms with E-state index in [2.05, 4.69) is 10.6 Å². The largest absolute Gasteiger partial charge is 0.357 e. The summed E-state index contributed by atoms with van der Waals surface area (Å²) in [5, 5.41) is 7.48. The molecule has 1 aliphatic rings. The summed E-state index contributed by atoms with van der Waals surface area (Å²) in [5.74, 6) is -0.411. The van der Waals surface area contributed by atoms with E-state index in [-0.39, 0.29) is 29.6 Å². The van der Waals surface area contributed by atoms with Crippen LogP contribution in [0.15, 0.2) is 42.5 Å². The summed E-state index contributed by atoms with van der Waals surface area (Å²) in [4.78, 5) is 40.1. The molecular formula is C24H31N3O3. The third-order valence-electron chi connectivity index (χ3n) is 5.69. The van der Waals surface area contributed by atoms with Crippen LogP contribution in [0, 0.1) is 11.8 Å². The first-order valence-electron chi connectivity index (χ1n) is 10.7. The van der Waals surface area contributed by atoms with Crippen LogP contribution in [0.1, 0.15) is 43.5 Å². The summed E-state index contributed by atoms with van der Waals surface area (Å²) in [6.45, 7) is 5.05. The van der Waals surface area contributed by atoms with Crippen LogP contribution in [0.5, 0.6) is 0 Å². The molecule has 30 heavy (non-hydrogen) atoms. The number of likely N-dealkylation sites (N-methyl/N-ethyl adjacent to an activating group) is 1.